The molecule has 20 heavy (non-hydrogen) atoms. The summed E-state index contributed by atoms with van der Waals surface area (Å²) >= 11 is 1.92. The van der Waals surface area contributed by atoms with E-state index in [2.05, 4.69) is 25.7 Å². The Bertz CT molecular complexity index is 547. The molecule has 1 saturated heterocycles. The summed E-state index contributed by atoms with van der Waals surface area (Å²) < 4.78 is 0. The van der Waals surface area contributed by atoms with Gasteiger partial charge in [0.1, 0.15) is 0 Å². The Balaban J connectivity index is 2.29. The molecular formula is C16H20N2OS. The Morgan fingerprint density at radius 1 is 1.45 bits per heavy atom. The Kier molecular flexibility index (Phi) is 5.11. The molecule has 0 aromatic heterocycles. The van der Waals surface area contributed by atoms with Crippen LogP contribution in [0.5, 0.6) is 0 Å². The van der Waals surface area contributed by atoms with E-state index in [1.165, 1.54) is 0 Å². The summed E-state index contributed by atoms with van der Waals surface area (Å²) in [7, 11) is 0. The lowest BCUT2D eigenvalue weighted by molar-refractivity contribution is 0.0698. The summed E-state index contributed by atoms with van der Waals surface area (Å²) in [4.78, 5) is 14.7. The molecule has 1 aliphatic rings. The van der Waals surface area contributed by atoms with Crippen LogP contribution in [-0.4, -0.2) is 40.9 Å². The number of hydrogen-bond donors (Lipinski definition) is 1. The molecule has 1 heterocycles. The lowest BCUT2D eigenvalue weighted by Gasteiger charge is -2.37. The second-order valence-corrected chi connectivity index (χ2v) is 6.35. The maximum absolute atomic E-state index is 12.8. The summed E-state index contributed by atoms with van der Waals surface area (Å²) in [5.74, 6) is 6.89. The third-order valence-electron chi connectivity index (χ3n) is 3.63. The standard InChI is InChI=1S/C16H20N2OS/c1-12-13(2)20-11-10-18(12)16(19)15-8-4-3-6-14(15)7-5-9-17/h3-4,6,8,12-13H,9-11,17H2,1-2H3. The van der Waals surface area contributed by atoms with Crippen LogP contribution < -0.4 is 5.73 Å². The van der Waals surface area contributed by atoms with Crippen LogP contribution in [0.4, 0.5) is 0 Å². The second-order valence-electron chi connectivity index (χ2n) is 4.87. The molecular weight excluding hydrogens is 268 g/mol. The minimum atomic E-state index is 0.0755. The predicted octanol–water partition coefficient (Wildman–Crippen LogP) is 1.96. The molecule has 1 fully saturated rings. The molecule has 2 atom stereocenters. The van der Waals surface area contributed by atoms with Gasteiger partial charge in [-0.15, -0.1) is 0 Å². The number of amides is 1. The summed E-state index contributed by atoms with van der Waals surface area (Å²) in [5, 5.41) is 0.468. The van der Waals surface area contributed by atoms with Crippen molar-refractivity contribution in [1.82, 2.24) is 4.90 Å². The highest BCUT2D eigenvalue weighted by Gasteiger charge is 2.30. The predicted molar refractivity (Wildman–Crippen MR) is 84.8 cm³/mol. The van der Waals surface area contributed by atoms with Gasteiger partial charge in [-0.3, -0.25) is 4.79 Å². The van der Waals surface area contributed by atoms with E-state index in [-0.39, 0.29) is 11.9 Å². The average Bonchev–Trinajstić information content (AvgIpc) is 2.47. The van der Waals surface area contributed by atoms with Crippen molar-refractivity contribution in [3.8, 4) is 11.8 Å². The fourth-order valence-electron chi connectivity index (χ4n) is 2.30. The van der Waals surface area contributed by atoms with Crippen LogP contribution in [0, 0.1) is 11.8 Å². The average molecular weight is 288 g/mol. The number of hydrogen-bond acceptors (Lipinski definition) is 3. The Morgan fingerprint density at radius 3 is 2.95 bits per heavy atom. The van der Waals surface area contributed by atoms with Gasteiger partial charge in [0.25, 0.3) is 5.91 Å². The molecule has 0 radical (unpaired) electrons. The molecule has 1 aromatic carbocycles. The van der Waals surface area contributed by atoms with Crippen LogP contribution in [-0.2, 0) is 0 Å². The van der Waals surface area contributed by atoms with E-state index in [1.54, 1.807) is 0 Å². The topological polar surface area (TPSA) is 46.3 Å². The van der Waals surface area contributed by atoms with Gasteiger partial charge in [-0.25, -0.2) is 0 Å². The molecule has 1 aromatic rings. The van der Waals surface area contributed by atoms with Crippen molar-refractivity contribution in [2.45, 2.75) is 25.1 Å². The highest BCUT2D eigenvalue weighted by atomic mass is 32.2. The van der Waals surface area contributed by atoms with Crippen molar-refractivity contribution < 1.29 is 4.79 Å². The van der Waals surface area contributed by atoms with Crippen LogP contribution in [0.3, 0.4) is 0 Å². The summed E-state index contributed by atoms with van der Waals surface area (Å²) in [5.41, 5.74) is 6.86. The van der Waals surface area contributed by atoms with E-state index in [0.717, 1.165) is 17.9 Å². The van der Waals surface area contributed by atoms with Gasteiger partial charge in [-0.1, -0.05) is 30.9 Å². The van der Waals surface area contributed by atoms with Crippen molar-refractivity contribution in [2.75, 3.05) is 18.8 Å². The number of thioether (sulfide) groups is 1. The summed E-state index contributed by atoms with van der Waals surface area (Å²) in [6, 6.07) is 7.75. The molecule has 3 nitrogen and oxygen atoms in total. The van der Waals surface area contributed by atoms with Crippen LogP contribution >= 0.6 is 11.8 Å². The number of carbonyl (C=O) groups excluding carboxylic acids is 1. The SMILES string of the molecule is CC1SCCN(C(=O)c2ccccc2C#CCN)C1C. The minimum Gasteiger partial charge on any atom is -0.334 e. The molecule has 1 aliphatic heterocycles. The third kappa shape index (κ3) is 3.17. The van der Waals surface area contributed by atoms with E-state index < -0.39 is 0 Å². The first kappa shape index (κ1) is 15.0. The van der Waals surface area contributed by atoms with Gasteiger partial charge in [0, 0.05) is 29.2 Å². The van der Waals surface area contributed by atoms with E-state index in [9.17, 15) is 4.79 Å². The van der Waals surface area contributed by atoms with Crippen LogP contribution in [0.2, 0.25) is 0 Å². The number of carbonyl (C=O) groups is 1. The highest BCUT2D eigenvalue weighted by molar-refractivity contribution is 8.00. The van der Waals surface area contributed by atoms with Crippen LogP contribution in [0.1, 0.15) is 29.8 Å². The van der Waals surface area contributed by atoms with Crippen LogP contribution in [0.15, 0.2) is 24.3 Å². The molecule has 0 spiro atoms. The van der Waals surface area contributed by atoms with Gasteiger partial charge in [-0.2, -0.15) is 11.8 Å². The van der Waals surface area contributed by atoms with E-state index in [0.29, 0.717) is 17.4 Å². The zero-order chi connectivity index (χ0) is 14.5. The largest absolute Gasteiger partial charge is 0.334 e. The van der Waals surface area contributed by atoms with Crippen LogP contribution in [0.25, 0.3) is 0 Å². The number of nitrogens with two attached hydrogens (primary N) is 1. The molecule has 2 N–H and O–H groups in total. The number of rotatable bonds is 1. The third-order valence-corrected chi connectivity index (χ3v) is 4.97. The van der Waals surface area contributed by atoms with E-state index >= 15 is 0 Å². The van der Waals surface area contributed by atoms with Crippen molar-refractivity contribution in [3.05, 3.63) is 35.4 Å². The first-order valence-electron chi connectivity index (χ1n) is 6.85. The quantitative estimate of drug-likeness (QED) is 0.804. The van der Waals surface area contributed by atoms with Gasteiger partial charge in [0.05, 0.1) is 12.1 Å². The van der Waals surface area contributed by atoms with Crippen molar-refractivity contribution in [3.63, 3.8) is 0 Å². The summed E-state index contributed by atoms with van der Waals surface area (Å²) in [6.45, 7) is 5.39. The number of benzene rings is 1. The van der Waals surface area contributed by atoms with Crippen molar-refractivity contribution in [2.24, 2.45) is 5.73 Å². The zero-order valence-corrected chi connectivity index (χ0v) is 12.7. The Morgan fingerprint density at radius 2 is 2.20 bits per heavy atom. The van der Waals surface area contributed by atoms with Gasteiger partial charge in [0.2, 0.25) is 0 Å². The van der Waals surface area contributed by atoms with Gasteiger partial charge in [-0.05, 0) is 19.1 Å². The highest BCUT2D eigenvalue weighted by Crippen LogP contribution is 2.26. The van der Waals surface area contributed by atoms with Gasteiger partial charge in [0.15, 0.2) is 0 Å². The molecule has 106 valence electrons. The monoisotopic (exact) mass is 288 g/mol. The maximum Gasteiger partial charge on any atom is 0.255 e. The first-order valence-corrected chi connectivity index (χ1v) is 7.90. The Hall–Kier alpha value is -1.44. The first-order chi connectivity index (χ1) is 9.65. The molecule has 0 bridgehead atoms. The smallest absolute Gasteiger partial charge is 0.255 e. The fraction of sp³-hybridized carbons (Fsp3) is 0.438. The number of nitrogens with zero attached hydrogens (tertiary/aromatic N) is 1. The van der Waals surface area contributed by atoms with Gasteiger partial charge >= 0.3 is 0 Å². The molecule has 2 rings (SSSR count). The zero-order valence-electron chi connectivity index (χ0n) is 11.9. The molecule has 0 aliphatic carbocycles. The lowest BCUT2D eigenvalue weighted by atomic mass is 10.0. The van der Waals surface area contributed by atoms with Gasteiger partial charge < -0.3 is 10.6 Å². The molecule has 4 heteroatoms. The lowest BCUT2D eigenvalue weighted by Crippen LogP contribution is -2.48. The second kappa shape index (κ2) is 6.83. The maximum atomic E-state index is 12.8. The van der Waals surface area contributed by atoms with Crippen molar-refractivity contribution >= 4 is 17.7 Å². The van der Waals surface area contributed by atoms with E-state index in [4.69, 9.17) is 5.73 Å². The van der Waals surface area contributed by atoms with E-state index in [1.807, 2.05) is 40.9 Å². The summed E-state index contributed by atoms with van der Waals surface area (Å²) in [6.07, 6.45) is 0. The fourth-order valence-corrected chi connectivity index (χ4v) is 3.40. The molecule has 2 unspecified atom stereocenters. The Labute approximate surface area is 124 Å². The minimum absolute atomic E-state index is 0.0755. The normalized spacial score (nSPS) is 22.1. The molecule has 0 saturated carbocycles. The molecule has 1 amide bonds. The van der Waals surface area contributed by atoms with Crippen molar-refractivity contribution in [1.29, 1.82) is 0 Å².